The molecule has 0 N–H and O–H groups in total. The summed E-state index contributed by atoms with van der Waals surface area (Å²) in [6.45, 7) is -0.275. The summed E-state index contributed by atoms with van der Waals surface area (Å²) in [6.07, 6.45) is 0.391. The van der Waals surface area contributed by atoms with Crippen LogP contribution in [0.25, 0.3) is 0 Å². The van der Waals surface area contributed by atoms with Crippen LogP contribution in [0.5, 0.6) is 0 Å². The molecule has 0 aliphatic heterocycles. The highest BCUT2D eigenvalue weighted by molar-refractivity contribution is 7.03. The molecule has 0 spiro atoms. The van der Waals surface area contributed by atoms with Gasteiger partial charge in [0.15, 0.2) is 8.57 Å². The lowest BCUT2D eigenvalue weighted by Crippen LogP contribution is -2.80. The number of rotatable bonds is 34. The Morgan fingerprint density at radius 2 is 0.565 bits per heavy atom. The van der Waals surface area contributed by atoms with Gasteiger partial charge in [0.05, 0.1) is 24.3 Å². The van der Waals surface area contributed by atoms with Gasteiger partial charge in [0.25, 0.3) is 0 Å². The zero-order valence-corrected chi connectivity index (χ0v) is 45.5. The second-order valence-corrected chi connectivity index (χ2v) is 35.0. The van der Waals surface area contributed by atoms with Gasteiger partial charge in [-0.05, 0) is 43.9 Å². The first-order chi connectivity index (χ1) is 29.6. The molecule has 0 amide bonds. The molecule has 0 saturated heterocycles. The van der Waals surface area contributed by atoms with E-state index in [1.807, 2.05) is 0 Å². The van der Waals surface area contributed by atoms with Crippen molar-refractivity contribution in [2.45, 2.75) is 34.3 Å². The predicted molar refractivity (Wildman–Crippen MR) is 232 cm³/mol. The fourth-order valence-corrected chi connectivity index (χ4v) is 40.8. The van der Waals surface area contributed by atoms with Gasteiger partial charge in [0.1, 0.15) is 0 Å². The summed E-state index contributed by atoms with van der Waals surface area (Å²) in [4.78, 5) is 27.0. The average molecular weight is 999 g/mol. The number of carbonyl (C=O) groups excluding carboxylic acids is 2. The second-order valence-electron chi connectivity index (χ2n) is 12.9. The Morgan fingerprint density at radius 1 is 0.371 bits per heavy atom. The summed E-state index contributed by atoms with van der Waals surface area (Å²) in [7, 11) is 1.56. The SMILES string of the molecule is CO[Si](OC)(OC)C(CCCOC(=O)c1cccc(C(=O)OCCCC([Si](OC)(OC)OC)([Si](OC)(OC)OC)[Si](OC)(OC)OC)c1)([Si](OC)(OC)OC)[Si](OC)(OC)OC. The Kier molecular flexibility index (Phi) is 24.8. The zero-order valence-electron chi connectivity index (χ0n) is 39.5. The quantitative estimate of drug-likeness (QED) is 0.0550. The summed E-state index contributed by atoms with van der Waals surface area (Å²) < 4.78 is 117. The van der Waals surface area contributed by atoms with Crippen molar-refractivity contribution in [3.63, 3.8) is 0 Å². The first-order valence-electron chi connectivity index (χ1n) is 18.9. The Hall–Kier alpha value is -1.26. The van der Waals surface area contributed by atoms with Crippen LogP contribution in [-0.2, 0) is 89.1 Å². The molecule has 1 rings (SSSR count). The highest BCUT2D eigenvalue weighted by Crippen LogP contribution is 2.60. The summed E-state index contributed by atoms with van der Waals surface area (Å²) in [5.74, 6) is -1.43. The lowest BCUT2D eigenvalue weighted by atomic mass is 10.1. The van der Waals surface area contributed by atoms with Crippen molar-refractivity contribution >= 4 is 64.8 Å². The number of esters is 2. The fourth-order valence-electron chi connectivity index (χ4n) is 8.62. The van der Waals surface area contributed by atoms with E-state index in [9.17, 15) is 9.59 Å². The molecule has 0 aliphatic carbocycles. The van der Waals surface area contributed by atoms with E-state index in [1.165, 1.54) is 152 Å². The van der Waals surface area contributed by atoms with Crippen molar-refractivity contribution in [1.29, 1.82) is 0 Å². The van der Waals surface area contributed by atoms with Crippen molar-refractivity contribution in [3.8, 4) is 0 Å². The molecule has 0 unspecified atom stereocenters. The molecule has 0 radical (unpaired) electrons. The topological polar surface area (TPSA) is 219 Å². The molecule has 1 aromatic rings. The molecule has 22 nitrogen and oxygen atoms in total. The maximum Gasteiger partial charge on any atom is 0.515 e. The molecule has 1 aromatic carbocycles. The molecule has 0 aromatic heterocycles. The Morgan fingerprint density at radius 3 is 0.742 bits per heavy atom. The van der Waals surface area contributed by atoms with Crippen LogP contribution in [0.1, 0.15) is 46.4 Å². The summed E-state index contributed by atoms with van der Waals surface area (Å²) >= 11 is 0. The van der Waals surface area contributed by atoms with Crippen LogP contribution >= 0.6 is 0 Å². The van der Waals surface area contributed by atoms with E-state index in [2.05, 4.69) is 0 Å². The van der Waals surface area contributed by atoms with Crippen LogP contribution in [0.3, 0.4) is 0 Å². The number of hydrogen-bond donors (Lipinski definition) is 0. The fraction of sp³-hybridized carbons (Fsp3) is 0.765. The van der Waals surface area contributed by atoms with Gasteiger partial charge in [0.2, 0.25) is 0 Å². The molecule has 0 saturated carbocycles. The Bertz CT molecular complexity index is 1220. The summed E-state index contributed by atoms with van der Waals surface area (Å²) in [5, 5.41) is 0. The lowest BCUT2D eigenvalue weighted by molar-refractivity contribution is 0.0244. The van der Waals surface area contributed by atoms with E-state index >= 15 is 0 Å². The number of carbonyl (C=O) groups is 2. The molecule has 28 heteroatoms. The van der Waals surface area contributed by atoms with Crippen LogP contribution in [0, 0.1) is 0 Å². The van der Waals surface area contributed by atoms with Gasteiger partial charge < -0.3 is 89.1 Å². The van der Waals surface area contributed by atoms with E-state index in [-0.39, 0.29) is 50.0 Å². The first-order valence-corrected chi connectivity index (χ1v) is 29.3. The van der Waals surface area contributed by atoms with Gasteiger partial charge in [-0.1, -0.05) is 6.07 Å². The third-order valence-electron chi connectivity index (χ3n) is 11.2. The zero-order chi connectivity index (χ0) is 47.5. The molecule has 0 aliphatic rings. The van der Waals surface area contributed by atoms with Gasteiger partial charge >= 0.3 is 64.8 Å². The molecule has 0 heterocycles. The first kappa shape index (κ1) is 58.8. The van der Waals surface area contributed by atoms with E-state index in [1.54, 1.807) is 0 Å². The molecule has 0 bridgehead atoms. The molecule has 62 heavy (non-hydrogen) atoms. The van der Waals surface area contributed by atoms with Crippen LogP contribution in [0.4, 0.5) is 0 Å². The third-order valence-corrected chi connectivity index (χ3v) is 39.6. The van der Waals surface area contributed by atoms with E-state index in [4.69, 9.17) is 89.1 Å². The van der Waals surface area contributed by atoms with Crippen LogP contribution in [0.15, 0.2) is 24.3 Å². The second kappa shape index (κ2) is 26.2. The molecular formula is C34H70O22Si6. The maximum atomic E-state index is 13.5. The number of ether oxygens (including phenoxy) is 2. The molecular weight excluding hydrogens is 929 g/mol. The third kappa shape index (κ3) is 9.89. The smallest absolute Gasteiger partial charge is 0.462 e. The summed E-state index contributed by atoms with van der Waals surface area (Å²) in [5.41, 5.74) is 0.178. The highest BCUT2D eigenvalue weighted by atomic mass is 28.5. The lowest BCUT2D eigenvalue weighted by Gasteiger charge is -2.53. The van der Waals surface area contributed by atoms with Crippen molar-refractivity contribution in [1.82, 2.24) is 0 Å². The number of benzene rings is 1. The Balaban J connectivity index is 3.50. The molecule has 0 atom stereocenters. The van der Waals surface area contributed by atoms with E-state index in [0.717, 1.165) is 0 Å². The molecule has 362 valence electrons. The van der Waals surface area contributed by atoms with Crippen molar-refractivity contribution in [3.05, 3.63) is 35.4 Å². The monoisotopic (exact) mass is 998 g/mol. The average Bonchev–Trinajstić information content (AvgIpc) is 3.32. The van der Waals surface area contributed by atoms with E-state index < -0.39 is 73.3 Å². The molecule has 0 fully saturated rings. The van der Waals surface area contributed by atoms with Gasteiger partial charge in [-0.25, -0.2) is 9.59 Å². The van der Waals surface area contributed by atoms with E-state index in [0.29, 0.717) is 0 Å². The van der Waals surface area contributed by atoms with Gasteiger partial charge in [0, 0.05) is 128 Å². The minimum Gasteiger partial charge on any atom is -0.462 e. The van der Waals surface area contributed by atoms with Gasteiger partial charge in [-0.3, -0.25) is 0 Å². The van der Waals surface area contributed by atoms with Crippen LogP contribution < -0.4 is 0 Å². The summed E-state index contributed by atoms with van der Waals surface area (Å²) in [6, 6.07) is 5.91. The highest BCUT2D eigenvalue weighted by Gasteiger charge is 2.89. The Labute approximate surface area is 373 Å². The van der Waals surface area contributed by atoms with Crippen molar-refractivity contribution in [2.75, 3.05) is 141 Å². The van der Waals surface area contributed by atoms with Crippen LogP contribution in [0.2, 0.25) is 8.57 Å². The van der Waals surface area contributed by atoms with Crippen molar-refractivity contribution < 1.29 is 98.7 Å². The van der Waals surface area contributed by atoms with Crippen molar-refractivity contribution in [2.24, 2.45) is 0 Å². The number of hydrogen-bond acceptors (Lipinski definition) is 22. The maximum absolute atomic E-state index is 13.5. The minimum absolute atomic E-state index is 0.0490. The minimum atomic E-state index is -3.99. The van der Waals surface area contributed by atoms with Gasteiger partial charge in [-0.2, -0.15) is 0 Å². The van der Waals surface area contributed by atoms with Crippen LogP contribution in [-0.4, -0.2) is 206 Å². The largest absolute Gasteiger partial charge is 0.515 e. The predicted octanol–water partition coefficient (Wildman–Crippen LogP) is 2.47. The standard InChI is InChI=1S/C34H70O22Si6/c1-37-57(38-2,39-3)33(58(40-4,41-5)42-6,59(43-7,44-8)45-9)24-20-26-55-31(35)29-22-19-23-30(28-29)32(36)56-27-21-25-34(60(46-10,47-11)48-12,61(49-13,50-14)51-15)62(52-16,53-17)54-18/h19,22-23,28H,20-21,24-27H2,1-18H3. The van der Waals surface area contributed by atoms with Gasteiger partial charge in [-0.15, -0.1) is 0 Å². The normalized spacial score (nSPS) is 13.7.